The first-order chi connectivity index (χ1) is 13.2. The van der Waals surface area contributed by atoms with Crippen molar-refractivity contribution in [2.24, 2.45) is 4.99 Å². The van der Waals surface area contributed by atoms with E-state index in [9.17, 15) is 0 Å². The van der Waals surface area contributed by atoms with Crippen LogP contribution >= 0.6 is 24.0 Å². The number of nitrogens with one attached hydrogen (secondary N) is 2. The molecule has 0 bridgehead atoms. The molecule has 0 aliphatic carbocycles. The topological polar surface area (TPSA) is 68.0 Å². The number of nitrogens with zero attached hydrogens (tertiary/aromatic N) is 1. The molecule has 0 unspecified atom stereocenters. The second kappa shape index (κ2) is 14.3. The summed E-state index contributed by atoms with van der Waals surface area (Å²) in [4.78, 5) is 4.24. The molecule has 0 aliphatic rings. The maximum atomic E-state index is 5.66. The third kappa shape index (κ3) is 9.98. The molecule has 7 heteroatoms. The predicted octanol–water partition coefficient (Wildman–Crippen LogP) is 4.00. The van der Waals surface area contributed by atoms with Crippen LogP contribution in [0.2, 0.25) is 0 Å². The zero-order valence-electron chi connectivity index (χ0n) is 16.9. The summed E-state index contributed by atoms with van der Waals surface area (Å²) >= 11 is 0. The number of furan rings is 1. The number of guanidine groups is 1. The van der Waals surface area contributed by atoms with Crippen molar-refractivity contribution in [1.82, 2.24) is 10.6 Å². The van der Waals surface area contributed by atoms with Gasteiger partial charge in [0.15, 0.2) is 5.96 Å². The molecule has 2 rings (SSSR count). The second-order valence-corrected chi connectivity index (χ2v) is 6.47. The van der Waals surface area contributed by atoms with E-state index in [2.05, 4.69) is 27.8 Å². The number of ether oxygens (including phenoxy) is 2. The van der Waals surface area contributed by atoms with Crippen LogP contribution < -0.4 is 15.4 Å². The van der Waals surface area contributed by atoms with Crippen LogP contribution in [0.25, 0.3) is 0 Å². The standard InChI is InChI=1S/C21H31N3O3.HI/c1-17(2)27-19-9-7-18(8-10-19)11-13-24-21(22-3)23-12-5-14-25-16-20-6-4-15-26-20;/h4,6-10,15,17H,5,11-14,16H2,1-3H3,(H2,22,23,24);1H. The van der Waals surface area contributed by atoms with Crippen molar-refractivity contribution in [1.29, 1.82) is 0 Å². The lowest BCUT2D eigenvalue weighted by molar-refractivity contribution is 0.105. The number of aliphatic imine (C=N–C) groups is 1. The molecule has 1 aromatic carbocycles. The van der Waals surface area contributed by atoms with E-state index in [4.69, 9.17) is 13.9 Å². The number of halogens is 1. The SMILES string of the molecule is CN=C(NCCCOCc1ccco1)NCCc1ccc(OC(C)C)cc1.I. The molecule has 0 spiro atoms. The van der Waals surface area contributed by atoms with Crippen LogP contribution in [0, 0.1) is 0 Å². The van der Waals surface area contributed by atoms with Gasteiger partial charge in [-0.1, -0.05) is 12.1 Å². The van der Waals surface area contributed by atoms with Gasteiger partial charge >= 0.3 is 0 Å². The van der Waals surface area contributed by atoms with Crippen molar-refractivity contribution in [2.75, 3.05) is 26.7 Å². The summed E-state index contributed by atoms with van der Waals surface area (Å²) in [5, 5.41) is 6.63. The largest absolute Gasteiger partial charge is 0.491 e. The highest BCUT2D eigenvalue weighted by Crippen LogP contribution is 2.13. The van der Waals surface area contributed by atoms with Gasteiger partial charge in [-0.15, -0.1) is 24.0 Å². The fourth-order valence-corrected chi connectivity index (χ4v) is 2.50. The maximum absolute atomic E-state index is 5.66. The van der Waals surface area contributed by atoms with Crippen LogP contribution in [0.3, 0.4) is 0 Å². The van der Waals surface area contributed by atoms with Gasteiger partial charge in [0.05, 0.1) is 12.4 Å². The molecule has 156 valence electrons. The smallest absolute Gasteiger partial charge is 0.190 e. The molecule has 1 heterocycles. The minimum Gasteiger partial charge on any atom is -0.491 e. The zero-order chi connectivity index (χ0) is 19.3. The summed E-state index contributed by atoms with van der Waals surface area (Å²) in [5.74, 6) is 2.57. The monoisotopic (exact) mass is 501 g/mol. The molecular formula is C21H32IN3O3. The minimum absolute atomic E-state index is 0. The van der Waals surface area contributed by atoms with Crippen molar-refractivity contribution in [3.05, 3.63) is 54.0 Å². The molecule has 0 radical (unpaired) electrons. The van der Waals surface area contributed by atoms with Crippen molar-refractivity contribution >= 4 is 29.9 Å². The van der Waals surface area contributed by atoms with E-state index in [0.29, 0.717) is 13.2 Å². The number of benzene rings is 1. The molecule has 0 atom stereocenters. The first kappa shape index (κ1) is 24.3. The average molecular weight is 501 g/mol. The van der Waals surface area contributed by atoms with Crippen molar-refractivity contribution in [3.63, 3.8) is 0 Å². The van der Waals surface area contributed by atoms with Crippen molar-refractivity contribution in [3.8, 4) is 5.75 Å². The van der Waals surface area contributed by atoms with Gasteiger partial charge < -0.3 is 24.5 Å². The van der Waals surface area contributed by atoms with E-state index < -0.39 is 0 Å². The quantitative estimate of drug-likeness (QED) is 0.211. The lowest BCUT2D eigenvalue weighted by Crippen LogP contribution is -2.39. The highest BCUT2D eigenvalue weighted by Gasteiger charge is 2.01. The molecule has 1 aromatic heterocycles. The molecular weight excluding hydrogens is 469 g/mol. The highest BCUT2D eigenvalue weighted by atomic mass is 127. The summed E-state index contributed by atoms with van der Waals surface area (Å²) in [6, 6.07) is 12.0. The van der Waals surface area contributed by atoms with Crippen molar-refractivity contribution in [2.45, 2.75) is 39.4 Å². The van der Waals surface area contributed by atoms with Crippen LogP contribution in [-0.4, -0.2) is 38.8 Å². The summed E-state index contributed by atoms with van der Waals surface area (Å²) in [5.41, 5.74) is 1.26. The second-order valence-electron chi connectivity index (χ2n) is 6.47. The Morgan fingerprint density at radius 2 is 1.86 bits per heavy atom. The van der Waals surface area contributed by atoms with Crippen LogP contribution in [-0.2, 0) is 17.8 Å². The van der Waals surface area contributed by atoms with Gasteiger partial charge in [-0.3, -0.25) is 4.99 Å². The number of rotatable bonds is 11. The Balaban J connectivity index is 0.00000392. The molecule has 0 fully saturated rings. The van der Waals surface area contributed by atoms with Crippen LogP contribution in [0.15, 0.2) is 52.1 Å². The summed E-state index contributed by atoms with van der Waals surface area (Å²) in [6.07, 6.45) is 3.68. The van der Waals surface area contributed by atoms with Gasteiger partial charge in [-0.05, 0) is 56.5 Å². The lowest BCUT2D eigenvalue weighted by atomic mass is 10.1. The Labute approximate surface area is 185 Å². The van der Waals surface area contributed by atoms with E-state index in [1.807, 2.05) is 38.1 Å². The van der Waals surface area contributed by atoms with Gasteiger partial charge in [0, 0.05) is 26.7 Å². The molecule has 28 heavy (non-hydrogen) atoms. The third-order valence-corrected chi connectivity index (χ3v) is 3.81. The molecule has 0 amide bonds. The van der Waals surface area contributed by atoms with E-state index in [0.717, 1.165) is 43.4 Å². The fraction of sp³-hybridized carbons (Fsp3) is 0.476. The number of hydrogen-bond acceptors (Lipinski definition) is 4. The van der Waals surface area contributed by atoms with Gasteiger partial charge in [0.2, 0.25) is 0 Å². The first-order valence-corrected chi connectivity index (χ1v) is 9.47. The van der Waals surface area contributed by atoms with Gasteiger partial charge in [-0.25, -0.2) is 0 Å². The normalized spacial score (nSPS) is 11.2. The van der Waals surface area contributed by atoms with Gasteiger partial charge in [0.25, 0.3) is 0 Å². The molecule has 0 saturated carbocycles. The Kier molecular flexibility index (Phi) is 12.4. The molecule has 0 aliphatic heterocycles. The molecule has 2 aromatic rings. The summed E-state index contributed by atoms with van der Waals surface area (Å²) in [6.45, 7) is 6.87. The summed E-state index contributed by atoms with van der Waals surface area (Å²) in [7, 11) is 1.78. The molecule has 6 nitrogen and oxygen atoms in total. The van der Waals surface area contributed by atoms with Crippen LogP contribution in [0.5, 0.6) is 5.75 Å². The van der Waals surface area contributed by atoms with E-state index >= 15 is 0 Å². The third-order valence-electron chi connectivity index (χ3n) is 3.81. The Morgan fingerprint density at radius 1 is 1.11 bits per heavy atom. The lowest BCUT2D eigenvalue weighted by Gasteiger charge is -2.12. The van der Waals surface area contributed by atoms with Gasteiger partial charge in [-0.2, -0.15) is 0 Å². The van der Waals surface area contributed by atoms with Crippen LogP contribution in [0.1, 0.15) is 31.6 Å². The Hall–Kier alpha value is -1.74. The zero-order valence-corrected chi connectivity index (χ0v) is 19.3. The Morgan fingerprint density at radius 3 is 2.50 bits per heavy atom. The summed E-state index contributed by atoms with van der Waals surface area (Å²) < 4.78 is 16.4. The van der Waals surface area contributed by atoms with Crippen LogP contribution in [0.4, 0.5) is 0 Å². The highest BCUT2D eigenvalue weighted by molar-refractivity contribution is 14.0. The Bertz CT molecular complexity index is 658. The predicted molar refractivity (Wildman–Crippen MR) is 124 cm³/mol. The molecule has 2 N–H and O–H groups in total. The minimum atomic E-state index is 0. The maximum Gasteiger partial charge on any atom is 0.190 e. The fourth-order valence-electron chi connectivity index (χ4n) is 2.50. The van der Waals surface area contributed by atoms with E-state index in [1.165, 1.54) is 5.56 Å². The van der Waals surface area contributed by atoms with E-state index in [1.54, 1.807) is 13.3 Å². The van der Waals surface area contributed by atoms with E-state index in [-0.39, 0.29) is 30.1 Å². The van der Waals surface area contributed by atoms with Crippen molar-refractivity contribution < 1.29 is 13.9 Å². The molecule has 0 saturated heterocycles. The number of hydrogen-bond donors (Lipinski definition) is 2. The first-order valence-electron chi connectivity index (χ1n) is 9.47. The van der Waals surface area contributed by atoms with Gasteiger partial charge in [0.1, 0.15) is 18.1 Å². The average Bonchev–Trinajstić information content (AvgIpc) is 3.17.